The van der Waals surface area contributed by atoms with E-state index in [1.807, 2.05) is 16.9 Å². The summed E-state index contributed by atoms with van der Waals surface area (Å²) in [6.45, 7) is 0.907. The van der Waals surface area contributed by atoms with Gasteiger partial charge >= 0.3 is 0 Å². The lowest BCUT2D eigenvalue weighted by atomic mass is 10.1. The smallest absolute Gasteiger partial charge is 0.0839 e. The molecular formula is C13H16ClN3. The first-order chi connectivity index (χ1) is 8.38. The molecule has 1 aromatic heterocycles. The van der Waals surface area contributed by atoms with Crippen LogP contribution in [0.4, 0.5) is 0 Å². The molecule has 17 heavy (non-hydrogen) atoms. The maximum Gasteiger partial charge on any atom is 0.0839 e. The highest BCUT2D eigenvalue weighted by atomic mass is 35.5. The Morgan fingerprint density at radius 1 is 1.12 bits per heavy atom. The van der Waals surface area contributed by atoms with Crippen molar-refractivity contribution >= 4 is 11.6 Å². The van der Waals surface area contributed by atoms with Crippen molar-refractivity contribution in [1.29, 1.82) is 0 Å². The second-order valence-corrected chi connectivity index (χ2v) is 4.38. The Hall–Kier alpha value is -1.35. The molecule has 0 aliphatic rings. The third-order valence-corrected chi connectivity index (χ3v) is 2.82. The highest BCUT2D eigenvalue weighted by Crippen LogP contribution is 2.04. The normalized spacial score (nSPS) is 10.6. The Morgan fingerprint density at radius 2 is 1.94 bits per heavy atom. The average Bonchev–Trinajstić information content (AvgIpc) is 2.79. The van der Waals surface area contributed by atoms with Crippen molar-refractivity contribution < 1.29 is 0 Å². The highest BCUT2D eigenvalue weighted by molar-refractivity contribution is 6.17. The Morgan fingerprint density at radius 3 is 2.71 bits per heavy atom. The second kappa shape index (κ2) is 6.40. The van der Waals surface area contributed by atoms with Gasteiger partial charge in [-0.1, -0.05) is 35.5 Å². The van der Waals surface area contributed by atoms with Gasteiger partial charge in [0.05, 0.1) is 5.69 Å². The van der Waals surface area contributed by atoms with Crippen molar-refractivity contribution in [2.45, 2.75) is 25.8 Å². The first kappa shape index (κ1) is 12.1. The van der Waals surface area contributed by atoms with Crippen LogP contribution in [0.15, 0.2) is 36.5 Å². The SMILES string of the molecule is ClCCc1cn(CCCc2ccccc2)nn1. The zero-order valence-electron chi connectivity index (χ0n) is 9.72. The number of aromatic nitrogens is 3. The van der Waals surface area contributed by atoms with Crippen LogP contribution in [0.5, 0.6) is 0 Å². The number of hydrogen-bond acceptors (Lipinski definition) is 2. The summed E-state index contributed by atoms with van der Waals surface area (Å²) < 4.78 is 1.89. The molecule has 0 spiro atoms. The van der Waals surface area contributed by atoms with Gasteiger partial charge < -0.3 is 0 Å². The van der Waals surface area contributed by atoms with Crippen molar-refractivity contribution in [3.8, 4) is 0 Å². The molecule has 2 rings (SSSR count). The summed E-state index contributed by atoms with van der Waals surface area (Å²) in [4.78, 5) is 0. The van der Waals surface area contributed by atoms with E-state index in [1.165, 1.54) is 5.56 Å². The predicted molar refractivity (Wildman–Crippen MR) is 69.2 cm³/mol. The van der Waals surface area contributed by atoms with Crippen LogP contribution >= 0.6 is 11.6 Å². The van der Waals surface area contributed by atoms with Gasteiger partial charge in [-0.05, 0) is 18.4 Å². The first-order valence-corrected chi connectivity index (χ1v) is 6.41. The second-order valence-electron chi connectivity index (χ2n) is 4.00. The van der Waals surface area contributed by atoms with E-state index in [0.717, 1.165) is 31.5 Å². The zero-order valence-corrected chi connectivity index (χ0v) is 10.5. The van der Waals surface area contributed by atoms with Gasteiger partial charge in [0.1, 0.15) is 0 Å². The number of hydrogen-bond donors (Lipinski definition) is 0. The largest absolute Gasteiger partial charge is 0.252 e. The average molecular weight is 250 g/mol. The molecule has 0 N–H and O–H groups in total. The van der Waals surface area contributed by atoms with Gasteiger partial charge in [0.2, 0.25) is 0 Å². The fraction of sp³-hybridized carbons (Fsp3) is 0.385. The minimum absolute atomic E-state index is 0.600. The van der Waals surface area contributed by atoms with Crippen LogP contribution in [0.25, 0.3) is 0 Å². The van der Waals surface area contributed by atoms with Gasteiger partial charge in [0.15, 0.2) is 0 Å². The Bertz CT molecular complexity index is 439. The third kappa shape index (κ3) is 3.86. The van der Waals surface area contributed by atoms with Crippen LogP contribution < -0.4 is 0 Å². The van der Waals surface area contributed by atoms with Gasteiger partial charge in [-0.15, -0.1) is 16.7 Å². The Balaban J connectivity index is 1.78. The minimum atomic E-state index is 0.600. The molecule has 0 aliphatic heterocycles. The van der Waals surface area contributed by atoms with E-state index in [2.05, 4.69) is 34.6 Å². The fourth-order valence-corrected chi connectivity index (χ4v) is 1.94. The lowest BCUT2D eigenvalue weighted by Gasteiger charge is -2.01. The monoisotopic (exact) mass is 249 g/mol. The summed E-state index contributed by atoms with van der Waals surface area (Å²) in [5.74, 6) is 0.600. The quantitative estimate of drug-likeness (QED) is 0.737. The van der Waals surface area contributed by atoms with Crippen molar-refractivity contribution in [3.05, 3.63) is 47.8 Å². The van der Waals surface area contributed by atoms with Crippen molar-refractivity contribution in [1.82, 2.24) is 15.0 Å². The number of rotatable bonds is 6. The molecule has 1 aromatic carbocycles. The molecule has 4 heteroatoms. The van der Waals surface area contributed by atoms with Crippen molar-refractivity contribution in [2.75, 3.05) is 5.88 Å². The van der Waals surface area contributed by atoms with Crippen LogP contribution in [-0.2, 0) is 19.4 Å². The number of aryl methyl sites for hydroxylation is 3. The molecule has 0 fully saturated rings. The summed E-state index contributed by atoms with van der Waals surface area (Å²) in [6.07, 6.45) is 4.92. The number of halogens is 1. The van der Waals surface area contributed by atoms with E-state index in [9.17, 15) is 0 Å². The topological polar surface area (TPSA) is 30.7 Å². The van der Waals surface area contributed by atoms with Gasteiger partial charge in [-0.25, -0.2) is 0 Å². The third-order valence-electron chi connectivity index (χ3n) is 2.63. The van der Waals surface area contributed by atoms with Crippen LogP contribution in [0.2, 0.25) is 0 Å². The van der Waals surface area contributed by atoms with Crippen LogP contribution in [0.1, 0.15) is 17.7 Å². The number of benzene rings is 1. The highest BCUT2D eigenvalue weighted by Gasteiger charge is 1.99. The molecule has 0 saturated carbocycles. The molecule has 0 radical (unpaired) electrons. The van der Waals surface area contributed by atoms with E-state index < -0.39 is 0 Å². The van der Waals surface area contributed by atoms with Crippen molar-refractivity contribution in [2.24, 2.45) is 0 Å². The maximum atomic E-state index is 5.65. The number of alkyl halides is 1. The summed E-state index contributed by atoms with van der Waals surface area (Å²) in [5, 5.41) is 8.13. The predicted octanol–water partition coefficient (Wildman–Crippen LogP) is 2.69. The standard InChI is InChI=1S/C13H16ClN3/c14-9-8-13-11-17(16-15-13)10-4-7-12-5-2-1-3-6-12/h1-3,5-6,11H,4,7-10H2. The van der Waals surface area contributed by atoms with Gasteiger partial charge in [0, 0.05) is 25.0 Å². The lowest BCUT2D eigenvalue weighted by Crippen LogP contribution is -2.00. The molecule has 0 unspecified atom stereocenters. The summed E-state index contributed by atoms with van der Waals surface area (Å²) in [6, 6.07) is 10.5. The molecule has 0 saturated heterocycles. The van der Waals surface area contributed by atoms with Crippen LogP contribution in [0, 0.1) is 0 Å². The van der Waals surface area contributed by atoms with Gasteiger partial charge in [-0.2, -0.15) is 0 Å². The number of nitrogens with zero attached hydrogens (tertiary/aromatic N) is 3. The lowest BCUT2D eigenvalue weighted by molar-refractivity contribution is 0.558. The summed E-state index contributed by atoms with van der Waals surface area (Å²) >= 11 is 5.65. The molecule has 2 aromatic rings. The van der Waals surface area contributed by atoms with E-state index >= 15 is 0 Å². The van der Waals surface area contributed by atoms with Gasteiger partial charge in [0.25, 0.3) is 0 Å². The fourth-order valence-electron chi connectivity index (χ4n) is 1.75. The molecular weight excluding hydrogens is 234 g/mol. The van der Waals surface area contributed by atoms with E-state index in [4.69, 9.17) is 11.6 Å². The molecule has 0 aliphatic carbocycles. The zero-order chi connectivity index (χ0) is 11.9. The molecule has 3 nitrogen and oxygen atoms in total. The molecule has 0 bridgehead atoms. The maximum absolute atomic E-state index is 5.65. The van der Waals surface area contributed by atoms with E-state index in [0.29, 0.717) is 5.88 Å². The van der Waals surface area contributed by atoms with E-state index in [1.54, 1.807) is 0 Å². The molecule has 1 heterocycles. The summed E-state index contributed by atoms with van der Waals surface area (Å²) in [5.41, 5.74) is 2.34. The summed E-state index contributed by atoms with van der Waals surface area (Å²) in [7, 11) is 0. The Labute approximate surface area is 106 Å². The molecule has 90 valence electrons. The van der Waals surface area contributed by atoms with Crippen LogP contribution in [0.3, 0.4) is 0 Å². The van der Waals surface area contributed by atoms with Crippen molar-refractivity contribution in [3.63, 3.8) is 0 Å². The molecule has 0 amide bonds. The molecule has 0 atom stereocenters. The van der Waals surface area contributed by atoms with Crippen LogP contribution in [-0.4, -0.2) is 20.9 Å². The minimum Gasteiger partial charge on any atom is -0.252 e. The van der Waals surface area contributed by atoms with E-state index in [-0.39, 0.29) is 0 Å². The first-order valence-electron chi connectivity index (χ1n) is 5.87. The Kier molecular flexibility index (Phi) is 4.56. The van der Waals surface area contributed by atoms with Gasteiger partial charge in [-0.3, -0.25) is 4.68 Å².